The molecule has 4 heterocycles. The number of amides is 2. The number of aromatic nitrogens is 6. The molecule has 2 aromatic rings. The Kier molecular flexibility index (Phi) is 8.25. The van der Waals surface area contributed by atoms with E-state index in [-0.39, 0.29) is 28.1 Å². The first-order valence-electron chi connectivity index (χ1n) is 10.7. The highest BCUT2D eigenvalue weighted by Crippen LogP contribution is 2.41. The average molecular weight is 570 g/mol. The summed E-state index contributed by atoms with van der Waals surface area (Å²) in [6.45, 7) is 1.31. The molecule has 2 atom stereocenters. The van der Waals surface area contributed by atoms with Crippen molar-refractivity contribution in [2.75, 3.05) is 45.0 Å². The number of tetrazole rings is 1. The second-order valence-corrected chi connectivity index (χ2v) is 10.8. The van der Waals surface area contributed by atoms with Crippen LogP contribution in [0.1, 0.15) is 5.82 Å². The van der Waals surface area contributed by atoms with Gasteiger partial charge in [0, 0.05) is 29.6 Å². The van der Waals surface area contributed by atoms with E-state index >= 15 is 0 Å². The van der Waals surface area contributed by atoms with Crippen LogP contribution in [-0.4, -0.2) is 119 Å². The maximum Gasteiger partial charge on any atom is 0.352 e. The predicted octanol–water partition coefficient (Wildman–Crippen LogP) is -1.45. The smallest absolute Gasteiger partial charge is 0.352 e. The van der Waals surface area contributed by atoms with Crippen molar-refractivity contribution in [3.63, 3.8) is 0 Å². The number of nitrogen functional groups attached to an aromatic ring is 1. The Morgan fingerprint density at radius 3 is 2.84 bits per heavy atom. The van der Waals surface area contributed by atoms with Gasteiger partial charge in [0.25, 0.3) is 11.8 Å². The number of hydrogen-bond donors (Lipinski definition) is 3. The number of likely N-dealkylation sites (N-methyl/N-ethyl adjacent to an activating group) is 1. The minimum Gasteiger partial charge on any atom is -0.477 e. The molecule has 2 amide bonds. The van der Waals surface area contributed by atoms with Gasteiger partial charge in [0.05, 0.1) is 6.54 Å². The lowest BCUT2D eigenvalue weighted by atomic mass is 10.0. The molecule has 2 aliphatic heterocycles. The van der Waals surface area contributed by atoms with Gasteiger partial charge in [0.1, 0.15) is 24.2 Å². The van der Waals surface area contributed by atoms with Crippen LogP contribution in [0.2, 0.25) is 0 Å². The molecule has 1 saturated heterocycles. The van der Waals surface area contributed by atoms with Crippen LogP contribution in [0.25, 0.3) is 0 Å². The quantitative estimate of drug-likeness (QED) is 0.122. The van der Waals surface area contributed by atoms with E-state index < -0.39 is 29.2 Å². The van der Waals surface area contributed by atoms with E-state index in [9.17, 15) is 19.5 Å². The first kappa shape index (κ1) is 26.8. The van der Waals surface area contributed by atoms with E-state index in [0.29, 0.717) is 23.0 Å². The van der Waals surface area contributed by atoms with Crippen LogP contribution in [0, 0.1) is 0 Å². The second kappa shape index (κ2) is 11.4. The average Bonchev–Trinajstić information content (AvgIpc) is 3.50. The molecule has 1 fully saturated rings. The Morgan fingerprint density at radius 2 is 2.19 bits per heavy atom. The van der Waals surface area contributed by atoms with E-state index in [1.54, 1.807) is 4.68 Å². The van der Waals surface area contributed by atoms with E-state index in [1.807, 2.05) is 19.0 Å². The number of aliphatic carboxylic acids is 1. The largest absolute Gasteiger partial charge is 0.477 e. The number of nitrogens with one attached hydrogen (secondary N) is 1. The highest BCUT2D eigenvalue weighted by molar-refractivity contribution is 8.01. The van der Waals surface area contributed by atoms with Gasteiger partial charge in [-0.1, -0.05) is 16.9 Å². The van der Waals surface area contributed by atoms with E-state index in [4.69, 9.17) is 10.6 Å². The number of hydrogen-bond acceptors (Lipinski definition) is 15. The number of β-lactam (4-membered cyclic amide) rings is 1. The van der Waals surface area contributed by atoms with Crippen LogP contribution in [0.3, 0.4) is 0 Å². The summed E-state index contributed by atoms with van der Waals surface area (Å²) in [5.74, 6) is -1.94. The highest BCUT2D eigenvalue weighted by Gasteiger charge is 2.54. The predicted molar refractivity (Wildman–Crippen MR) is 135 cm³/mol. The van der Waals surface area contributed by atoms with Crippen LogP contribution >= 0.6 is 35.1 Å². The number of carboxylic acid groups (broad SMARTS) is 1. The van der Waals surface area contributed by atoms with Gasteiger partial charge in [0.15, 0.2) is 5.13 Å². The number of nitrogens with two attached hydrogens (primary N) is 1. The molecule has 198 valence electrons. The summed E-state index contributed by atoms with van der Waals surface area (Å²) >= 11 is 3.52. The SMILES string of the molecule is CO/N=C(/C(=O)NC1C(=O)N2C(C(=O)O)=C(CSc3nnnn3CCN(C)C)CSC12)c1nsc(N)n1. The number of nitrogens with zero attached hydrogens (tertiary/aromatic N) is 9. The molecule has 0 spiro atoms. The van der Waals surface area contributed by atoms with Gasteiger partial charge in [-0.2, -0.15) is 9.36 Å². The van der Waals surface area contributed by atoms with Gasteiger partial charge in [-0.3, -0.25) is 14.5 Å². The molecule has 19 heteroatoms. The van der Waals surface area contributed by atoms with Crippen LogP contribution in [0.15, 0.2) is 21.6 Å². The second-order valence-electron chi connectivity index (χ2n) is 7.97. The van der Waals surface area contributed by atoms with Crippen molar-refractivity contribution < 1.29 is 24.3 Å². The Bertz CT molecular complexity index is 1260. The molecule has 37 heavy (non-hydrogen) atoms. The molecule has 0 saturated carbocycles. The van der Waals surface area contributed by atoms with Crippen molar-refractivity contribution in [2.24, 2.45) is 5.16 Å². The highest BCUT2D eigenvalue weighted by atomic mass is 32.2. The third kappa shape index (κ3) is 5.68. The lowest BCUT2D eigenvalue weighted by Gasteiger charge is -2.49. The van der Waals surface area contributed by atoms with Gasteiger partial charge in [-0.05, 0) is 30.1 Å². The van der Waals surface area contributed by atoms with Crippen LogP contribution in [-0.2, 0) is 25.8 Å². The van der Waals surface area contributed by atoms with Gasteiger partial charge in [-0.25, -0.2) is 9.48 Å². The number of rotatable bonds is 11. The third-order valence-corrected chi connectivity index (χ3v) is 8.15. The van der Waals surface area contributed by atoms with E-state index in [0.717, 1.165) is 18.1 Å². The van der Waals surface area contributed by atoms with Gasteiger partial charge in [-0.15, -0.1) is 16.9 Å². The number of thioether (sulfide) groups is 2. The fourth-order valence-corrected chi connectivity index (χ4v) is 6.32. The number of carbonyl (C=O) groups excluding carboxylic acids is 2. The monoisotopic (exact) mass is 569 g/mol. The molecule has 16 nitrogen and oxygen atoms in total. The molecular weight excluding hydrogens is 546 g/mol. The van der Waals surface area contributed by atoms with Crippen molar-refractivity contribution in [3.8, 4) is 0 Å². The Morgan fingerprint density at radius 1 is 1.41 bits per heavy atom. The van der Waals surface area contributed by atoms with Crippen LogP contribution in [0.5, 0.6) is 0 Å². The lowest BCUT2D eigenvalue weighted by Crippen LogP contribution is -2.71. The summed E-state index contributed by atoms with van der Waals surface area (Å²) in [6, 6.07) is -0.961. The summed E-state index contributed by atoms with van der Waals surface area (Å²) in [5, 5.41) is 27.9. The maximum atomic E-state index is 13.0. The third-order valence-electron chi connectivity index (χ3n) is 5.22. The first-order chi connectivity index (χ1) is 17.7. The molecule has 0 aliphatic carbocycles. The zero-order chi connectivity index (χ0) is 26.7. The number of oxime groups is 1. The molecule has 0 radical (unpaired) electrons. The van der Waals surface area contributed by atoms with Crippen molar-refractivity contribution in [2.45, 2.75) is 23.1 Å². The summed E-state index contributed by atoms with van der Waals surface area (Å²) in [7, 11) is 5.13. The molecule has 2 unspecified atom stereocenters. The zero-order valence-corrected chi connectivity index (χ0v) is 22.3. The van der Waals surface area contributed by atoms with Gasteiger partial charge < -0.3 is 25.9 Å². The van der Waals surface area contributed by atoms with Crippen molar-refractivity contribution >= 4 is 63.7 Å². The fraction of sp³-hybridized carbons (Fsp3) is 0.500. The van der Waals surface area contributed by atoms with Crippen molar-refractivity contribution in [1.29, 1.82) is 0 Å². The number of carbonyl (C=O) groups is 3. The maximum absolute atomic E-state index is 13.0. The summed E-state index contributed by atoms with van der Waals surface area (Å²) < 4.78 is 5.60. The van der Waals surface area contributed by atoms with Crippen LogP contribution in [0.4, 0.5) is 5.13 Å². The standard InChI is InChI=1S/C18H23N11O5S3/c1-27(2)4-5-28-18(22-25-26-28)36-7-8-6-35-15-10(14(31)29(15)11(8)16(32)33)20-13(30)9(23-34-3)12-21-17(19)37-24-12/h10,15H,4-7H2,1-3H3,(H,20,30)(H,32,33)(H2,19,21,24)/b23-9+. The van der Waals surface area contributed by atoms with E-state index in [2.05, 4.69) is 35.4 Å². The van der Waals surface area contributed by atoms with Gasteiger partial charge >= 0.3 is 5.97 Å². The van der Waals surface area contributed by atoms with Gasteiger partial charge in [0.2, 0.25) is 16.7 Å². The first-order valence-corrected chi connectivity index (χ1v) is 13.5. The van der Waals surface area contributed by atoms with E-state index in [1.165, 1.54) is 35.5 Å². The number of fused-ring (bicyclic) bond motifs is 1. The minimum absolute atomic E-state index is 0.0415. The normalized spacial score (nSPS) is 19.6. The Balaban J connectivity index is 1.46. The van der Waals surface area contributed by atoms with Crippen molar-refractivity contribution in [3.05, 3.63) is 17.1 Å². The molecule has 2 aromatic heterocycles. The molecule has 4 rings (SSSR count). The fourth-order valence-electron chi connectivity index (χ4n) is 3.50. The molecule has 0 aromatic carbocycles. The molecule has 0 bridgehead atoms. The molecule has 4 N–H and O–H groups in total. The minimum atomic E-state index is -1.23. The Hall–Kier alpha value is -3.29. The summed E-state index contributed by atoms with van der Waals surface area (Å²) in [6.07, 6.45) is 0. The van der Waals surface area contributed by atoms with Crippen LogP contribution < -0.4 is 11.1 Å². The summed E-state index contributed by atoms with van der Waals surface area (Å²) in [4.78, 5) is 49.8. The Labute approximate surface area is 222 Å². The zero-order valence-electron chi connectivity index (χ0n) is 19.9. The summed E-state index contributed by atoms with van der Waals surface area (Å²) in [5.41, 5.74) is 5.80. The number of anilines is 1. The molecular formula is C18H23N11O5S3. The molecule has 2 aliphatic rings. The topological polar surface area (TPSA) is 207 Å². The van der Waals surface area contributed by atoms with Crippen molar-refractivity contribution in [1.82, 2.24) is 44.7 Å². The lowest BCUT2D eigenvalue weighted by molar-refractivity contribution is -0.150. The number of carboxylic acids is 1.